The fourth-order valence-electron chi connectivity index (χ4n) is 2.15. The van der Waals surface area contributed by atoms with Crippen molar-refractivity contribution in [2.24, 2.45) is 0 Å². The van der Waals surface area contributed by atoms with Crippen LogP contribution in [0.25, 0.3) is 16.6 Å². The maximum Gasteiger partial charge on any atom is 0.268 e. The molecule has 0 saturated heterocycles. The van der Waals surface area contributed by atoms with Crippen molar-refractivity contribution >= 4 is 34.1 Å². The zero-order chi connectivity index (χ0) is 15.1. The van der Waals surface area contributed by atoms with Crippen LogP contribution in [0.3, 0.4) is 0 Å². The van der Waals surface area contributed by atoms with Crippen molar-refractivity contribution in [2.45, 2.75) is 6.92 Å². The fraction of sp³-hybridized carbons (Fsp3) is 0.0667. The molecule has 0 saturated carbocycles. The van der Waals surface area contributed by atoms with Crippen LogP contribution in [0, 0.1) is 12.7 Å². The summed E-state index contributed by atoms with van der Waals surface area (Å²) < 4.78 is 15.0. The first-order valence-electron chi connectivity index (χ1n) is 6.13. The summed E-state index contributed by atoms with van der Waals surface area (Å²) in [6, 6.07) is 9.27. The molecule has 3 nitrogen and oxygen atoms in total. The molecule has 1 aromatic heterocycles. The Labute approximate surface area is 129 Å². The minimum atomic E-state index is -0.563. The molecule has 6 heteroatoms. The van der Waals surface area contributed by atoms with Crippen molar-refractivity contribution in [3.8, 4) is 5.69 Å². The molecule has 3 rings (SSSR count). The highest BCUT2D eigenvalue weighted by Crippen LogP contribution is 2.25. The van der Waals surface area contributed by atoms with Crippen molar-refractivity contribution in [2.75, 3.05) is 0 Å². The molecule has 0 radical (unpaired) electrons. The Kier molecular flexibility index (Phi) is 3.43. The van der Waals surface area contributed by atoms with Crippen LogP contribution in [0.5, 0.6) is 0 Å². The molecular formula is C15H9Cl2FN2O. The Balaban J connectivity index is 2.48. The summed E-state index contributed by atoms with van der Waals surface area (Å²) in [5, 5.41) is 0.411. The van der Waals surface area contributed by atoms with Gasteiger partial charge in [-0.25, -0.2) is 13.9 Å². The highest BCUT2D eigenvalue weighted by atomic mass is 35.5. The predicted molar refractivity (Wildman–Crippen MR) is 82.1 cm³/mol. The van der Waals surface area contributed by atoms with Crippen molar-refractivity contribution in [3.63, 3.8) is 0 Å². The lowest BCUT2D eigenvalue weighted by molar-refractivity contribution is 0.616. The third-order valence-electron chi connectivity index (χ3n) is 3.22. The molecule has 0 bridgehead atoms. The Morgan fingerprint density at radius 3 is 2.57 bits per heavy atom. The summed E-state index contributed by atoms with van der Waals surface area (Å²) in [6.45, 7) is 1.78. The van der Waals surface area contributed by atoms with Gasteiger partial charge in [-0.05, 0) is 42.3 Å². The van der Waals surface area contributed by atoms with Gasteiger partial charge in [-0.2, -0.15) is 0 Å². The number of fused-ring (bicyclic) bond motifs is 1. The van der Waals surface area contributed by atoms with Gasteiger partial charge in [-0.3, -0.25) is 4.79 Å². The van der Waals surface area contributed by atoms with E-state index in [-0.39, 0.29) is 16.4 Å². The Hall–Kier alpha value is -1.91. The van der Waals surface area contributed by atoms with Gasteiger partial charge in [0.05, 0.1) is 21.6 Å². The van der Waals surface area contributed by atoms with E-state index in [0.29, 0.717) is 10.5 Å². The van der Waals surface area contributed by atoms with Gasteiger partial charge < -0.3 is 0 Å². The van der Waals surface area contributed by atoms with Crippen molar-refractivity contribution < 1.29 is 4.39 Å². The second-order valence-corrected chi connectivity index (χ2v) is 5.28. The lowest BCUT2D eigenvalue weighted by Crippen LogP contribution is -2.22. The second kappa shape index (κ2) is 5.13. The zero-order valence-corrected chi connectivity index (χ0v) is 12.4. The van der Waals surface area contributed by atoms with Crippen LogP contribution in [-0.4, -0.2) is 9.55 Å². The van der Waals surface area contributed by atoms with E-state index in [4.69, 9.17) is 23.2 Å². The van der Waals surface area contributed by atoms with Gasteiger partial charge in [0, 0.05) is 0 Å². The summed E-state index contributed by atoms with van der Waals surface area (Å²) in [6.07, 6.45) is 0. The predicted octanol–water partition coefficient (Wildman–Crippen LogP) is 4.14. The summed E-state index contributed by atoms with van der Waals surface area (Å²) in [5.74, 6) is -0.563. The second-order valence-electron chi connectivity index (χ2n) is 4.56. The molecule has 0 aliphatic carbocycles. The molecule has 0 unspecified atom stereocenters. The molecule has 0 N–H and O–H groups in total. The number of hydrogen-bond acceptors (Lipinski definition) is 2. The zero-order valence-electron chi connectivity index (χ0n) is 10.9. The first kappa shape index (κ1) is 14.0. The maximum absolute atomic E-state index is 13.9. The van der Waals surface area contributed by atoms with Crippen LogP contribution >= 0.6 is 23.2 Å². The normalized spacial score (nSPS) is 11.0. The number of rotatable bonds is 1. The number of nitrogens with zero attached hydrogens (tertiary/aromatic N) is 2. The lowest BCUT2D eigenvalue weighted by Gasteiger charge is -2.11. The van der Waals surface area contributed by atoms with Gasteiger partial charge in [0.2, 0.25) is 5.28 Å². The molecule has 21 heavy (non-hydrogen) atoms. The van der Waals surface area contributed by atoms with E-state index in [9.17, 15) is 9.18 Å². The number of hydrogen-bond donors (Lipinski definition) is 0. The standard InChI is InChI=1S/C15H9Cl2FN2O/c1-8-6-7-10-12(13(8)16)14(21)20(15(17)19-10)11-5-3-2-4-9(11)18/h2-7H,1H3. The van der Waals surface area contributed by atoms with E-state index < -0.39 is 11.4 Å². The highest BCUT2D eigenvalue weighted by Gasteiger charge is 2.16. The average molecular weight is 323 g/mol. The number of para-hydroxylation sites is 1. The smallest absolute Gasteiger partial charge is 0.268 e. The third-order valence-corrected chi connectivity index (χ3v) is 3.96. The molecule has 106 valence electrons. The first-order valence-corrected chi connectivity index (χ1v) is 6.88. The van der Waals surface area contributed by atoms with Crippen LogP contribution in [0.2, 0.25) is 10.3 Å². The summed E-state index contributed by atoms with van der Waals surface area (Å²) >= 11 is 12.2. The molecular weight excluding hydrogens is 314 g/mol. The average Bonchev–Trinajstić information content (AvgIpc) is 2.44. The van der Waals surface area contributed by atoms with E-state index in [2.05, 4.69) is 4.98 Å². The van der Waals surface area contributed by atoms with E-state index in [0.717, 1.165) is 10.1 Å². The van der Waals surface area contributed by atoms with Crippen LogP contribution < -0.4 is 5.56 Å². The largest absolute Gasteiger partial charge is 0.268 e. The van der Waals surface area contributed by atoms with E-state index in [1.165, 1.54) is 18.2 Å². The van der Waals surface area contributed by atoms with Gasteiger partial charge in [-0.1, -0.05) is 29.8 Å². The van der Waals surface area contributed by atoms with Crippen LogP contribution in [0.4, 0.5) is 4.39 Å². The third kappa shape index (κ3) is 2.20. The topological polar surface area (TPSA) is 34.9 Å². The van der Waals surface area contributed by atoms with Gasteiger partial charge in [0.1, 0.15) is 5.82 Å². The molecule has 0 aliphatic rings. The molecule has 0 spiro atoms. The molecule has 0 amide bonds. The summed E-state index contributed by atoms with van der Waals surface area (Å²) in [4.78, 5) is 16.8. The van der Waals surface area contributed by atoms with Crippen molar-refractivity contribution in [1.29, 1.82) is 0 Å². The highest BCUT2D eigenvalue weighted by molar-refractivity contribution is 6.36. The minimum absolute atomic E-state index is 0.0412. The monoisotopic (exact) mass is 322 g/mol. The van der Waals surface area contributed by atoms with Gasteiger partial charge >= 0.3 is 0 Å². The number of aromatic nitrogens is 2. The van der Waals surface area contributed by atoms with E-state index in [1.807, 2.05) is 0 Å². The molecule has 1 heterocycles. The Bertz CT molecular complexity index is 921. The number of benzene rings is 2. The van der Waals surface area contributed by atoms with Crippen LogP contribution in [-0.2, 0) is 0 Å². The van der Waals surface area contributed by atoms with Gasteiger partial charge in [-0.15, -0.1) is 0 Å². The van der Waals surface area contributed by atoms with E-state index >= 15 is 0 Å². The maximum atomic E-state index is 13.9. The SMILES string of the molecule is Cc1ccc2nc(Cl)n(-c3ccccc3F)c(=O)c2c1Cl. The number of aryl methyl sites for hydroxylation is 1. The minimum Gasteiger partial charge on any atom is -0.268 e. The quantitative estimate of drug-likeness (QED) is 0.631. The lowest BCUT2D eigenvalue weighted by atomic mass is 10.1. The first-order chi connectivity index (χ1) is 10.0. The van der Waals surface area contributed by atoms with Crippen LogP contribution in [0.1, 0.15) is 5.56 Å². The fourth-order valence-corrected chi connectivity index (χ4v) is 2.65. The summed E-state index contributed by atoms with van der Waals surface area (Å²) in [5.41, 5.74) is 0.668. The Morgan fingerprint density at radius 1 is 1.14 bits per heavy atom. The van der Waals surface area contributed by atoms with Crippen LogP contribution in [0.15, 0.2) is 41.2 Å². The molecule has 2 aromatic carbocycles. The van der Waals surface area contributed by atoms with Gasteiger partial charge in [0.15, 0.2) is 0 Å². The molecule has 0 fully saturated rings. The van der Waals surface area contributed by atoms with Gasteiger partial charge in [0.25, 0.3) is 5.56 Å². The van der Waals surface area contributed by atoms with Crippen molar-refractivity contribution in [1.82, 2.24) is 9.55 Å². The summed E-state index contributed by atoms with van der Waals surface area (Å²) in [7, 11) is 0. The molecule has 3 aromatic rings. The Morgan fingerprint density at radius 2 is 1.86 bits per heavy atom. The van der Waals surface area contributed by atoms with E-state index in [1.54, 1.807) is 25.1 Å². The number of halogens is 3. The molecule has 0 atom stereocenters. The van der Waals surface area contributed by atoms with Crippen molar-refractivity contribution in [3.05, 3.63) is 68.4 Å². The molecule has 0 aliphatic heterocycles.